The number of fused-ring (bicyclic) bond motifs is 4. The second kappa shape index (κ2) is 8.24. The highest BCUT2D eigenvalue weighted by molar-refractivity contribution is 5.79. The molecule has 5 rings (SSSR count). The number of nitrogens with zero attached hydrogens (tertiary/aromatic N) is 5. The molecule has 5 heterocycles. The molecule has 8 nitrogen and oxygen atoms in total. The third-order valence-corrected chi connectivity index (χ3v) is 6.99. The van der Waals surface area contributed by atoms with Crippen molar-refractivity contribution in [3.05, 3.63) is 51.2 Å². The Morgan fingerprint density at radius 3 is 2.71 bits per heavy atom. The van der Waals surface area contributed by atoms with Crippen LogP contribution in [-0.2, 0) is 36.1 Å². The topological polar surface area (TPSA) is 72.6 Å². The number of pyridine rings is 1. The van der Waals surface area contributed by atoms with E-state index in [4.69, 9.17) is 4.74 Å². The Hall–Kier alpha value is -2.45. The Kier molecular flexibility index (Phi) is 5.44. The lowest BCUT2D eigenvalue weighted by atomic mass is 9.82. The van der Waals surface area contributed by atoms with Gasteiger partial charge in [0.25, 0.3) is 5.56 Å². The number of hydrogen-bond donors (Lipinski definition) is 0. The van der Waals surface area contributed by atoms with E-state index in [-0.39, 0.29) is 17.4 Å². The van der Waals surface area contributed by atoms with Crippen molar-refractivity contribution in [3.63, 3.8) is 0 Å². The van der Waals surface area contributed by atoms with Crippen LogP contribution in [0.1, 0.15) is 34.9 Å². The first kappa shape index (κ1) is 20.5. The summed E-state index contributed by atoms with van der Waals surface area (Å²) in [5, 5.41) is 4.35. The van der Waals surface area contributed by atoms with Gasteiger partial charge in [0.2, 0.25) is 5.91 Å². The Morgan fingerprint density at radius 1 is 1.16 bits per heavy atom. The highest BCUT2D eigenvalue weighted by Crippen LogP contribution is 2.35. The first-order valence-electron chi connectivity index (χ1n) is 11.3. The molecule has 2 aromatic heterocycles. The lowest BCUT2D eigenvalue weighted by molar-refractivity contribution is -0.133. The van der Waals surface area contributed by atoms with Gasteiger partial charge >= 0.3 is 0 Å². The lowest BCUT2D eigenvalue weighted by Gasteiger charge is -2.43. The van der Waals surface area contributed by atoms with Crippen LogP contribution in [0.2, 0.25) is 0 Å². The molecule has 0 radical (unpaired) electrons. The molecule has 2 aromatic rings. The second-order valence-electron chi connectivity index (χ2n) is 9.28. The number of amides is 1. The monoisotopic (exact) mass is 425 g/mol. The van der Waals surface area contributed by atoms with E-state index in [9.17, 15) is 9.59 Å². The summed E-state index contributed by atoms with van der Waals surface area (Å²) in [7, 11) is 1.88. The number of aryl methyl sites for hydroxylation is 2. The Bertz CT molecular complexity index is 1040. The molecule has 0 spiro atoms. The van der Waals surface area contributed by atoms with Crippen LogP contribution in [0.25, 0.3) is 0 Å². The van der Waals surface area contributed by atoms with Gasteiger partial charge in [-0.25, -0.2) is 0 Å². The Morgan fingerprint density at radius 2 is 1.97 bits per heavy atom. The van der Waals surface area contributed by atoms with Gasteiger partial charge in [0.1, 0.15) is 0 Å². The minimum absolute atomic E-state index is 0.143. The van der Waals surface area contributed by atoms with Crippen LogP contribution in [-0.4, -0.2) is 69.4 Å². The Balaban J connectivity index is 1.32. The zero-order valence-corrected chi connectivity index (χ0v) is 18.4. The van der Waals surface area contributed by atoms with E-state index in [0.717, 1.165) is 61.8 Å². The fourth-order valence-electron chi connectivity index (χ4n) is 5.41. The van der Waals surface area contributed by atoms with Gasteiger partial charge in [-0.15, -0.1) is 0 Å². The van der Waals surface area contributed by atoms with Crippen LogP contribution in [0.15, 0.2) is 23.1 Å². The molecule has 2 saturated heterocycles. The van der Waals surface area contributed by atoms with Crippen molar-refractivity contribution >= 4 is 5.91 Å². The van der Waals surface area contributed by atoms with Crippen molar-refractivity contribution in [2.75, 3.05) is 39.4 Å². The number of carbonyl (C=O) groups is 1. The number of carbonyl (C=O) groups excluding carboxylic acids is 1. The lowest BCUT2D eigenvalue weighted by Crippen LogP contribution is -2.50. The van der Waals surface area contributed by atoms with Crippen LogP contribution in [0, 0.1) is 12.8 Å². The predicted molar refractivity (Wildman–Crippen MR) is 116 cm³/mol. The van der Waals surface area contributed by atoms with Gasteiger partial charge in [-0.3, -0.25) is 19.2 Å². The molecular formula is C23H31N5O3. The van der Waals surface area contributed by atoms with E-state index in [1.165, 1.54) is 0 Å². The smallest absolute Gasteiger partial charge is 0.255 e. The largest absolute Gasteiger partial charge is 0.379 e. The molecule has 0 saturated carbocycles. The molecule has 1 amide bonds. The minimum atomic E-state index is 0.143. The highest BCUT2D eigenvalue weighted by Gasteiger charge is 2.36. The summed E-state index contributed by atoms with van der Waals surface area (Å²) in [5.74, 6) is 0.726. The van der Waals surface area contributed by atoms with Gasteiger partial charge < -0.3 is 14.2 Å². The number of ether oxygens (including phenoxy) is 1. The van der Waals surface area contributed by atoms with Gasteiger partial charge in [-0.1, -0.05) is 6.07 Å². The molecule has 2 fully saturated rings. The van der Waals surface area contributed by atoms with Crippen molar-refractivity contribution in [2.45, 2.75) is 38.8 Å². The standard InChI is InChI=1S/C23H31N5O3/c1-16-19(13-25(2)24-16)10-22(29)27-11-17-9-20(15-27)21-4-3-18(23(30)28(21)12-17)14-26-5-7-31-8-6-26/h3-4,13,17,20H,5-12,14-15H2,1-2H3/t17-,20+/m0/s1. The zero-order valence-electron chi connectivity index (χ0n) is 18.4. The summed E-state index contributed by atoms with van der Waals surface area (Å²) in [6.45, 7) is 7.98. The summed E-state index contributed by atoms with van der Waals surface area (Å²) < 4.78 is 9.17. The number of rotatable bonds is 4. The van der Waals surface area contributed by atoms with E-state index < -0.39 is 0 Å². The zero-order chi connectivity index (χ0) is 21.5. The van der Waals surface area contributed by atoms with Crippen molar-refractivity contribution in [3.8, 4) is 0 Å². The highest BCUT2D eigenvalue weighted by atomic mass is 16.5. The average molecular weight is 426 g/mol. The quantitative estimate of drug-likeness (QED) is 0.728. The number of piperidine rings is 1. The Labute approximate surface area is 182 Å². The van der Waals surface area contributed by atoms with Gasteiger partial charge in [0, 0.05) is 75.3 Å². The average Bonchev–Trinajstić information content (AvgIpc) is 3.07. The summed E-state index contributed by atoms with van der Waals surface area (Å²) in [5.41, 5.74) is 4.00. The van der Waals surface area contributed by atoms with Gasteiger partial charge in [0.05, 0.1) is 25.3 Å². The summed E-state index contributed by atoms with van der Waals surface area (Å²) in [6.07, 6.45) is 3.38. The normalized spacial score (nSPS) is 23.6. The first-order chi connectivity index (χ1) is 15.0. The van der Waals surface area contributed by atoms with Gasteiger partial charge in [0.15, 0.2) is 0 Å². The van der Waals surface area contributed by atoms with Crippen LogP contribution in [0.3, 0.4) is 0 Å². The molecule has 3 aliphatic rings. The number of aromatic nitrogens is 3. The molecule has 166 valence electrons. The molecule has 0 aromatic carbocycles. The van der Waals surface area contributed by atoms with Crippen molar-refractivity contribution in [1.82, 2.24) is 24.1 Å². The maximum absolute atomic E-state index is 13.2. The SMILES string of the molecule is Cc1nn(C)cc1CC(=O)N1C[C@@H]2C[C@H](C1)c1ccc(CN3CCOCC3)c(=O)n1C2. The molecule has 31 heavy (non-hydrogen) atoms. The molecule has 0 unspecified atom stereocenters. The molecule has 2 atom stereocenters. The second-order valence-corrected chi connectivity index (χ2v) is 9.28. The predicted octanol–water partition coefficient (Wildman–Crippen LogP) is 0.911. The minimum Gasteiger partial charge on any atom is -0.379 e. The summed E-state index contributed by atoms with van der Waals surface area (Å²) >= 11 is 0. The number of hydrogen-bond acceptors (Lipinski definition) is 5. The van der Waals surface area contributed by atoms with Crippen molar-refractivity contribution in [1.29, 1.82) is 0 Å². The van der Waals surface area contributed by atoms with E-state index >= 15 is 0 Å². The van der Waals surface area contributed by atoms with Crippen LogP contribution in [0.4, 0.5) is 0 Å². The van der Waals surface area contributed by atoms with Crippen molar-refractivity contribution in [2.24, 2.45) is 13.0 Å². The summed E-state index contributed by atoms with van der Waals surface area (Å²) in [6, 6.07) is 4.13. The van der Waals surface area contributed by atoms with E-state index in [0.29, 0.717) is 32.0 Å². The van der Waals surface area contributed by atoms with Gasteiger partial charge in [-0.05, 0) is 25.3 Å². The fraction of sp³-hybridized carbons (Fsp3) is 0.609. The first-order valence-corrected chi connectivity index (χ1v) is 11.3. The fourth-order valence-corrected chi connectivity index (χ4v) is 5.41. The molecule has 0 aliphatic carbocycles. The molecule has 8 heteroatoms. The molecule has 2 bridgehead atoms. The number of likely N-dealkylation sites (tertiary alicyclic amines) is 1. The van der Waals surface area contributed by atoms with E-state index in [2.05, 4.69) is 16.1 Å². The van der Waals surface area contributed by atoms with E-state index in [1.807, 2.05) is 35.7 Å². The maximum Gasteiger partial charge on any atom is 0.255 e. The van der Waals surface area contributed by atoms with Crippen molar-refractivity contribution < 1.29 is 9.53 Å². The summed E-state index contributed by atoms with van der Waals surface area (Å²) in [4.78, 5) is 30.5. The molecule has 0 N–H and O–H groups in total. The van der Waals surface area contributed by atoms with E-state index in [1.54, 1.807) is 4.68 Å². The molecule has 3 aliphatic heterocycles. The van der Waals surface area contributed by atoms with Gasteiger partial charge in [-0.2, -0.15) is 5.10 Å². The third kappa shape index (κ3) is 4.06. The third-order valence-electron chi connectivity index (χ3n) is 6.99. The molecular weight excluding hydrogens is 394 g/mol. The van der Waals surface area contributed by atoms with Crippen LogP contribution < -0.4 is 5.56 Å². The maximum atomic E-state index is 13.2. The van der Waals surface area contributed by atoms with Crippen LogP contribution >= 0.6 is 0 Å². The van der Waals surface area contributed by atoms with Crippen LogP contribution in [0.5, 0.6) is 0 Å². The number of morpholine rings is 1.